The van der Waals surface area contributed by atoms with Gasteiger partial charge in [-0.1, -0.05) is 83.1 Å². The highest BCUT2D eigenvalue weighted by atomic mass is 16.3. The van der Waals surface area contributed by atoms with Gasteiger partial charge in [-0.05, 0) is 108 Å². The third kappa shape index (κ3) is 6.59. The van der Waals surface area contributed by atoms with Gasteiger partial charge in [0, 0.05) is 41.0 Å². The summed E-state index contributed by atoms with van der Waals surface area (Å²) in [5.41, 5.74) is 10.6. The number of aryl methyl sites for hydroxylation is 2. The van der Waals surface area contributed by atoms with Crippen LogP contribution in [0.3, 0.4) is 0 Å². The van der Waals surface area contributed by atoms with Gasteiger partial charge in [-0.2, -0.15) is 0 Å². The van der Waals surface area contributed by atoms with E-state index in [1.165, 1.54) is 11.1 Å². The van der Waals surface area contributed by atoms with E-state index in [1.807, 2.05) is 61.5 Å². The lowest BCUT2D eigenvalue weighted by atomic mass is 9.78. The molecule has 49 heavy (non-hydrogen) atoms. The molecule has 0 spiro atoms. The van der Waals surface area contributed by atoms with Gasteiger partial charge >= 0.3 is 0 Å². The maximum Gasteiger partial charge on any atom is 0.258 e. The van der Waals surface area contributed by atoms with Crippen LogP contribution in [0.2, 0.25) is 0 Å². The molecule has 0 bridgehead atoms. The Balaban J connectivity index is 1.15. The molecule has 6 heteroatoms. The van der Waals surface area contributed by atoms with E-state index in [-0.39, 0.29) is 29.3 Å². The number of aliphatic hydroxyl groups is 1. The molecule has 254 valence electrons. The lowest BCUT2D eigenvalue weighted by Gasteiger charge is -2.32. The van der Waals surface area contributed by atoms with Crippen LogP contribution in [-0.2, 0) is 36.7 Å². The number of aldehydes is 1. The minimum absolute atomic E-state index is 0.0114. The Morgan fingerprint density at radius 3 is 1.94 bits per heavy atom. The molecule has 0 radical (unpaired) electrons. The first-order valence-corrected chi connectivity index (χ1v) is 17.5. The van der Waals surface area contributed by atoms with Gasteiger partial charge in [0.2, 0.25) is 0 Å². The van der Waals surface area contributed by atoms with E-state index in [4.69, 9.17) is 0 Å². The van der Waals surface area contributed by atoms with Crippen molar-refractivity contribution in [2.45, 2.75) is 91.1 Å². The number of anilines is 2. The normalized spacial score (nSPS) is 14.9. The molecule has 4 aromatic carbocycles. The monoisotopic (exact) mass is 656 g/mol. The Hall–Kier alpha value is -4.55. The van der Waals surface area contributed by atoms with Gasteiger partial charge in [0.05, 0.1) is 12.3 Å². The molecular formula is C43H48N2O4. The van der Waals surface area contributed by atoms with Crippen molar-refractivity contribution in [3.8, 4) is 0 Å². The zero-order valence-corrected chi connectivity index (χ0v) is 29.7. The van der Waals surface area contributed by atoms with Gasteiger partial charge in [-0.25, -0.2) is 0 Å². The molecule has 6 rings (SSSR count). The Morgan fingerprint density at radius 2 is 1.33 bits per heavy atom. The highest BCUT2D eigenvalue weighted by Crippen LogP contribution is 2.36. The lowest BCUT2D eigenvalue weighted by molar-refractivity contribution is 0.0972. The number of hydrogen-bond donors (Lipinski definition) is 1. The average molecular weight is 657 g/mol. The quantitative estimate of drug-likeness (QED) is 0.184. The van der Waals surface area contributed by atoms with Crippen molar-refractivity contribution in [1.82, 2.24) is 0 Å². The van der Waals surface area contributed by atoms with Crippen LogP contribution in [0.5, 0.6) is 0 Å². The molecule has 1 N–H and O–H groups in total. The number of benzene rings is 4. The van der Waals surface area contributed by atoms with Gasteiger partial charge in [0.1, 0.15) is 0 Å². The van der Waals surface area contributed by atoms with Crippen LogP contribution in [0, 0.1) is 6.92 Å². The minimum atomic E-state index is -0.146. The number of nitrogens with zero attached hydrogens (tertiary/aromatic N) is 2. The third-order valence-corrected chi connectivity index (χ3v) is 10.7. The van der Waals surface area contributed by atoms with E-state index < -0.39 is 0 Å². The Labute approximate surface area is 290 Å². The van der Waals surface area contributed by atoms with Crippen LogP contribution >= 0.6 is 0 Å². The standard InChI is InChI=1S/C43H48N2O4/c1-28-10-7-13-38(36(28)26-46)44-22-20-31-25-33(16-18-35(31)40(44)48)43(5,6)21-9-12-29-11-8-14-39(37(29)27-47)45-23-19-30-24-32(42(2,3)4)15-17-34(30)41(45)49/h7-8,10-11,13-18,24-25,27,46H,9,12,19-23,26H2,1-6H3. The molecule has 0 saturated carbocycles. The Kier molecular flexibility index (Phi) is 9.38. The number of fused-ring (bicyclic) bond motifs is 2. The van der Waals surface area contributed by atoms with Crippen molar-refractivity contribution >= 4 is 29.5 Å². The van der Waals surface area contributed by atoms with Gasteiger partial charge in [0.25, 0.3) is 11.8 Å². The molecule has 0 saturated heterocycles. The van der Waals surface area contributed by atoms with Gasteiger partial charge < -0.3 is 14.9 Å². The first kappa shape index (κ1) is 34.3. The van der Waals surface area contributed by atoms with Crippen LogP contribution in [0.25, 0.3) is 0 Å². The summed E-state index contributed by atoms with van der Waals surface area (Å²) in [6, 6.07) is 24.0. The third-order valence-electron chi connectivity index (χ3n) is 10.7. The Morgan fingerprint density at radius 1 is 0.755 bits per heavy atom. The highest BCUT2D eigenvalue weighted by molar-refractivity contribution is 6.10. The summed E-state index contributed by atoms with van der Waals surface area (Å²) < 4.78 is 0. The van der Waals surface area contributed by atoms with E-state index in [2.05, 4.69) is 52.8 Å². The largest absolute Gasteiger partial charge is 0.392 e. The van der Waals surface area contributed by atoms with Crippen LogP contribution < -0.4 is 9.80 Å². The number of rotatable bonds is 9. The van der Waals surface area contributed by atoms with Crippen molar-refractivity contribution < 1.29 is 19.5 Å². The first-order chi connectivity index (χ1) is 23.3. The molecule has 0 aromatic heterocycles. The topological polar surface area (TPSA) is 77.9 Å². The summed E-state index contributed by atoms with van der Waals surface area (Å²) in [6.45, 7) is 14.0. The number of hydrogen-bond acceptors (Lipinski definition) is 4. The van der Waals surface area contributed by atoms with Crippen molar-refractivity contribution in [3.63, 3.8) is 0 Å². The van der Waals surface area contributed by atoms with E-state index in [0.29, 0.717) is 35.5 Å². The van der Waals surface area contributed by atoms with Crippen molar-refractivity contribution in [1.29, 1.82) is 0 Å². The summed E-state index contributed by atoms with van der Waals surface area (Å²) in [5, 5.41) is 9.98. The molecule has 0 fully saturated rings. The summed E-state index contributed by atoms with van der Waals surface area (Å²) in [6.07, 6.45) is 4.89. The second-order valence-electron chi connectivity index (χ2n) is 15.3. The smallest absolute Gasteiger partial charge is 0.258 e. The fraction of sp³-hybridized carbons (Fsp3) is 0.372. The lowest BCUT2D eigenvalue weighted by Crippen LogP contribution is -2.38. The molecule has 0 aliphatic carbocycles. The summed E-state index contributed by atoms with van der Waals surface area (Å²) in [7, 11) is 0. The molecule has 4 aromatic rings. The second kappa shape index (κ2) is 13.4. The van der Waals surface area contributed by atoms with Crippen molar-refractivity contribution in [2.75, 3.05) is 22.9 Å². The number of carbonyl (C=O) groups is 3. The van der Waals surface area contributed by atoms with Gasteiger partial charge in [0.15, 0.2) is 6.29 Å². The van der Waals surface area contributed by atoms with E-state index in [9.17, 15) is 19.5 Å². The van der Waals surface area contributed by atoms with Crippen LogP contribution in [-0.4, -0.2) is 36.3 Å². The van der Waals surface area contributed by atoms with Crippen LogP contribution in [0.15, 0.2) is 72.8 Å². The van der Waals surface area contributed by atoms with Gasteiger partial charge in [-0.3, -0.25) is 14.4 Å². The second-order valence-corrected chi connectivity index (χ2v) is 15.3. The van der Waals surface area contributed by atoms with E-state index in [1.54, 1.807) is 9.80 Å². The molecule has 2 aliphatic heterocycles. The fourth-order valence-electron chi connectivity index (χ4n) is 7.52. The molecular weight excluding hydrogens is 608 g/mol. The SMILES string of the molecule is Cc1cccc(N2CCc3cc(C(C)(C)CCCc4cccc(N5CCc6cc(C(C)(C)C)ccc6C5=O)c4C=O)ccc3C2=O)c1CO. The average Bonchev–Trinajstić information content (AvgIpc) is 3.07. The van der Waals surface area contributed by atoms with Gasteiger partial charge in [-0.15, -0.1) is 0 Å². The molecule has 0 unspecified atom stereocenters. The Bertz CT molecular complexity index is 1930. The highest BCUT2D eigenvalue weighted by Gasteiger charge is 2.31. The fourth-order valence-corrected chi connectivity index (χ4v) is 7.52. The first-order valence-electron chi connectivity index (χ1n) is 17.5. The summed E-state index contributed by atoms with van der Waals surface area (Å²) >= 11 is 0. The number of aliphatic hydroxyl groups excluding tert-OH is 1. The molecule has 0 atom stereocenters. The van der Waals surface area contributed by atoms with Crippen LogP contribution in [0.4, 0.5) is 11.4 Å². The number of carbonyl (C=O) groups excluding carboxylic acids is 3. The zero-order chi connectivity index (χ0) is 35.1. The minimum Gasteiger partial charge on any atom is -0.392 e. The van der Waals surface area contributed by atoms with Crippen LogP contribution in [0.1, 0.15) is 117 Å². The molecule has 6 nitrogen and oxygen atoms in total. The zero-order valence-electron chi connectivity index (χ0n) is 29.7. The molecule has 2 aliphatic rings. The predicted molar refractivity (Wildman–Crippen MR) is 197 cm³/mol. The maximum absolute atomic E-state index is 13.7. The van der Waals surface area contributed by atoms with E-state index >= 15 is 0 Å². The van der Waals surface area contributed by atoms with E-state index in [0.717, 1.165) is 71.9 Å². The molecule has 2 amide bonds. The summed E-state index contributed by atoms with van der Waals surface area (Å²) in [5.74, 6) is -0.0812. The predicted octanol–water partition coefficient (Wildman–Crippen LogP) is 8.30. The summed E-state index contributed by atoms with van der Waals surface area (Å²) in [4.78, 5) is 43.4. The number of amides is 2. The van der Waals surface area contributed by atoms with Crippen molar-refractivity contribution in [2.24, 2.45) is 0 Å². The molecule has 2 heterocycles. The van der Waals surface area contributed by atoms with Crippen molar-refractivity contribution in [3.05, 3.63) is 128 Å². The maximum atomic E-state index is 13.7.